The van der Waals surface area contributed by atoms with Crippen molar-refractivity contribution >= 4 is 17.7 Å². The molecule has 0 amide bonds. The highest BCUT2D eigenvalue weighted by molar-refractivity contribution is 6.35. The summed E-state index contributed by atoms with van der Waals surface area (Å²) >= 11 is 0. The molecule has 0 saturated heterocycles. The maximum Gasteiger partial charge on any atom is 0.382 e. The molecule has 0 fully saturated rings. The van der Waals surface area contributed by atoms with E-state index in [2.05, 4.69) is 4.74 Å². The van der Waals surface area contributed by atoms with E-state index in [4.69, 9.17) is 0 Å². The molecule has 0 aliphatic heterocycles. The number of ketones is 1. The van der Waals surface area contributed by atoms with Crippen LogP contribution in [-0.4, -0.2) is 17.7 Å². The minimum absolute atomic E-state index is 0.0517. The van der Waals surface area contributed by atoms with Crippen LogP contribution in [0.2, 0.25) is 0 Å². The Kier molecular flexibility index (Phi) is 4.39. The summed E-state index contributed by atoms with van der Waals surface area (Å²) in [4.78, 5) is 32.6. The molecule has 84 valence electrons. The van der Waals surface area contributed by atoms with Crippen molar-refractivity contribution in [2.75, 3.05) is 0 Å². The average molecular weight is 220 g/mol. The Balaban J connectivity index is 2.41. The van der Waals surface area contributed by atoms with Gasteiger partial charge in [0, 0.05) is 13.3 Å². The average Bonchev–Trinajstić information content (AvgIpc) is 2.26. The van der Waals surface area contributed by atoms with E-state index in [0.717, 1.165) is 12.5 Å². The van der Waals surface area contributed by atoms with Crippen LogP contribution < -0.4 is 0 Å². The summed E-state index contributed by atoms with van der Waals surface area (Å²) in [7, 11) is 0. The first-order valence-electron chi connectivity index (χ1n) is 4.89. The molecule has 0 aliphatic carbocycles. The molecule has 0 aliphatic rings. The van der Waals surface area contributed by atoms with Crippen molar-refractivity contribution in [3.05, 3.63) is 35.9 Å². The molecule has 16 heavy (non-hydrogen) atoms. The molecule has 0 radical (unpaired) electrons. The second kappa shape index (κ2) is 5.80. The summed E-state index contributed by atoms with van der Waals surface area (Å²) in [6, 6.07) is 9.31. The standard InChI is InChI=1S/C12H12O4/c1-9(13)16-12(15)11(14)8-7-10-5-3-2-4-6-10/h2-6H,7-8H2,1H3. The Morgan fingerprint density at radius 1 is 1.12 bits per heavy atom. The first-order chi connectivity index (χ1) is 7.59. The fourth-order valence-corrected chi connectivity index (χ4v) is 1.19. The molecule has 0 heterocycles. The van der Waals surface area contributed by atoms with Crippen LogP contribution in [0, 0.1) is 0 Å². The predicted molar refractivity (Wildman–Crippen MR) is 56.5 cm³/mol. The lowest BCUT2D eigenvalue weighted by Gasteiger charge is -2.00. The Bertz CT molecular complexity index is 395. The minimum atomic E-state index is -1.08. The second-order valence-electron chi connectivity index (χ2n) is 3.29. The number of hydrogen-bond donors (Lipinski definition) is 0. The zero-order valence-electron chi connectivity index (χ0n) is 8.93. The summed E-state index contributed by atoms with van der Waals surface area (Å²) in [5, 5.41) is 0. The van der Waals surface area contributed by atoms with E-state index in [9.17, 15) is 14.4 Å². The maximum atomic E-state index is 11.2. The molecule has 0 aromatic heterocycles. The zero-order chi connectivity index (χ0) is 12.0. The smallest absolute Gasteiger partial charge is 0.382 e. The van der Waals surface area contributed by atoms with Crippen LogP contribution in [0.15, 0.2) is 30.3 Å². The molecule has 1 aromatic rings. The van der Waals surface area contributed by atoms with Crippen molar-refractivity contribution in [1.82, 2.24) is 0 Å². The molecule has 4 nitrogen and oxygen atoms in total. The molecule has 1 rings (SSSR count). The van der Waals surface area contributed by atoms with Crippen molar-refractivity contribution in [1.29, 1.82) is 0 Å². The summed E-state index contributed by atoms with van der Waals surface area (Å²) in [6.45, 7) is 1.09. The van der Waals surface area contributed by atoms with Crippen LogP contribution in [0.1, 0.15) is 18.9 Å². The van der Waals surface area contributed by atoms with Gasteiger partial charge in [0.1, 0.15) is 0 Å². The first kappa shape index (κ1) is 12.1. The number of rotatable bonds is 4. The predicted octanol–water partition coefficient (Wildman–Crippen LogP) is 1.28. The Morgan fingerprint density at radius 3 is 2.31 bits per heavy atom. The van der Waals surface area contributed by atoms with Crippen LogP contribution in [0.4, 0.5) is 0 Å². The quantitative estimate of drug-likeness (QED) is 0.435. The summed E-state index contributed by atoms with van der Waals surface area (Å²) in [6.07, 6.45) is 0.517. The van der Waals surface area contributed by atoms with Crippen LogP contribution in [0.3, 0.4) is 0 Å². The number of Topliss-reactive ketones (excluding diaryl/α,β-unsaturated/α-hetero) is 1. The van der Waals surface area contributed by atoms with Crippen molar-refractivity contribution in [3.8, 4) is 0 Å². The number of esters is 2. The summed E-state index contributed by atoms with van der Waals surface area (Å²) < 4.78 is 4.17. The molecule has 1 aromatic carbocycles. The number of ether oxygens (including phenoxy) is 1. The van der Waals surface area contributed by atoms with Gasteiger partial charge in [-0.15, -0.1) is 0 Å². The Hall–Kier alpha value is -1.97. The van der Waals surface area contributed by atoms with E-state index in [-0.39, 0.29) is 6.42 Å². The third-order valence-corrected chi connectivity index (χ3v) is 1.95. The highest BCUT2D eigenvalue weighted by Crippen LogP contribution is 2.03. The van der Waals surface area contributed by atoms with Gasteiger partial charge >= 0.3 is 11.9 Å². The van der Waals surface area contributed by atoms with Gasteiger partial charge in [-0.1, -0.05) is 30.3 Å². The number of aryl methyl sites for hydroxylation is 1. The van der Waals surface area contributed by atoms with Crippen LogP contribution in [-0.2, 0) is 25.5 Å². The monoisotopic (exact) mass is 220 g/mol. The van der Waals surface area contributed by atoms with Gasteiger partial charge in [-0.05, 0) is 12.0 Å². The largest absolute Gasteiger partial charge is 0.387 e. The number of carbonyl (C=O) groups excluding carboxylic acids is 3. The molecule has 0 bridgehead atoms. The van der Waals surface area contributed by atoms with Crippen molar-refractivity contribution in [2.24, 2.45) is 0 Å². The SMILES string of the molecule is CC(=O)OC(=O)C(=O)CCc1ccccc1. The van der Waals surface area contributed by atoms with Crippen LogP contribution >= 0.6 is 0 Å². The van der Waals surface area contributed by atoms with Crippen LogP contribution in [0.25, 0.3) is 0 Å². The Labute approximate surface area is 93.2 Å². The number of benzene rings is 1. The van der Waals surface area contributed by atoms with Gasteiger partial charge in [0.15, 0.2) is 0 Å². The maximum absolute atomic E-state index is 11.2. The van der Waals surface area contributed by atoms with Gasteiger partial charge in [0.05, 0.1) is 0 Å². The van der Waals surface area contributed by atoms with Crippen molar-refractivity contribution < 1.29 is 19.1 Å². The van der Waals surface area contributed by atoms with Gasteiger partial charge < -0.3 is 4.74 Å². The Morgan fingerprint density at radius 2 is 1.75 bits per heavy atom. The zero-order valence-corrected chi connectivity index (χ0v) is 8.93. The van der Waals surface area contributed by atoms with Gasteiger partial charge in [-0.3, -0.25) is 9.59 Å². The van der Waals surface area contributed by atoms with Gasteiger partial charge in [0.25, 0.3) is 0 Å². The molecule has 0 saturated carbocycles. The number of carbonyl (C=O) groups is 3. The second-order valence-corrected chi connectivity index (χ2v) is 3.29. The van der Waals surface area contributed by atoms with Crippen LogP contribution in [0.5, 0.6) is 0 Å². The summed E-state index contributed by atoms with van der Waals surface area (Å²) in [5.74, 6) is -2.53. The van der Waals surface area contributed by atoms with E-state index >= 15 is 0 Å². The van der Waals surface area contributed by atoms with E-state index in [1.165, 1.54) is 0 Å². The van der Waals surface area contributed by atoms with Gasteiger partial charge in [-0.25, -0.2) is 4.79 Å². The molecule has 0 unspecified atom stereocenters. The van der Waals surface area contributed by atoms with E-state index in [1.54, 1.807) is 0 Å². The first-order valence-corrected chi connectivity index (χ1v) is 4.89. The van der Waals surface area contributed by atoms with E-state index < -0.39 is 17.7 Å². The van der Waals surface area contributed by atoms with Crippen molar-refractivity contribution in [2.45, 2.75) is 19.8 Å². The fourth-order valence-electron chi connectivity index (χ4n) is 1.19. The molecular weight excluding hydrogens is 208 g/mol. The molecule has 0 atom stereocenters. The highest BCUT2D eigenvalue weighted by atomic mass is 16.6. The van der Waals surface area contributed by atoms with Gasteiger partial charge in [-0.2, -0.15) is 0 Å². The fraction of sp³-hybridized carbons (Fsp3) is 0.250. The lowest BCUT2D eigenvalue weighted by atomic mass is 10.1. The van der Waals surface area contributed by atoms with Crippen molar-refractivity contribution in [3.63, 3.8) is 0 Å². The third-order valence-electron chi connectivity index (χ3n) is 1.95. The number of hydrogen-bond acceptors (Lipinski definition) is 4. The highest BCUT2D eigenvalue weighted by Gasteiger charge is 2.16. The lowest BCUT2D eigenvalue weighted by molar-refractivity contribution is -0.163. The van der Waals surface area contributed by atoms with E-state index in [0.29, 0.717) is 6.42 Å². The third kappa shape index (κ3) is 4.04. The molecule has 0 spiro atoms. The van der Waals surface area contributed by atoms with Gasteiger partial charge in [0.2, 0.25) is 5.78 Å². The van der Waals surface area contributed by atoms with E-state index in [1.807, 2.05) is 30.3 Å². The normalized spacial score (nSPS) is 9.56. The molecular formula is C12H12O4. The minimum Gasteiger partial charge on any atom is -0.387 e. The molecule has 4 heteroatoms. The topological polar surface area (TPSA) is 60.4 Å². The summed E-state index contributed by atoms with van der Waals surface area (Å²) in [5.41, 5.74) is 0.964. The molecule has 0 N–H and O–H groups in total. The lowest BCUT2D eigenvalue weighted by Crippen LogP contribution is -2.20.